The number of nitrogens with zero attached hydrogens (tertiary/aromatic N) is 3. The third-order valence-corrected chi connectivity index (χ3v) is 6.10. The number of anilines is 2. The van der Waals surface area contributed by atoms with Crippen LogP contribution in [0.25, 0.3) is 11.3 Å². The highest BCUT2D eigenvalue weighted by Crippen LogP contribution is 2.37. The maximum Gasteiger partial charge on any atom is 0.260 e. The van der Waals surface area contributed by atoms with Crippen molar-refractivity contribution in [2.24, 2.45) is 7.05 Å². The molecule has 0 saturated carbocycles. The van der Waals surface area contributed by atoms with Gasteiger partial charge in [0.2, 0.25) is 0 Å². The summed E-state index contributed by atoms with van der Waals surface area (Å²) in [6.07, 6.45) is 0. The van der Waals surface area contributed by atoms with Gasteiger partial charge in [0.05, 0.1) is 11.4 Å². The van der Waals surface area contributed by atoms with Crippen molar-refractivity contribution in [1.29, 1.82) is 0 Å². The molecule has 1 aromatic heterocycles. The Morgan fingerprint density at radius 3 is 2.60 bits per heavy atom. The van der Waals surface area contributed by atoms with Crippen molar-refractivity contribution in [2.45, 2.75) is 20.0 Å². The zero-order chi connectivity index (χ0) is 24.9. The van der Waals surface area contributed by atoms with Crippen LogP contribution < -0.4 is 5.32 Å². The van der Waals surface area contributed by atoms with Crippen molar-refractivity contribution in [3.63, 3.8) is 0 Å². The number of phenolic OH excluding ortho intramolecular Hbond substituents is 2. The van der Waals surface area contributed by atoms with Crippen molar-refractivity contribution in [3.05, 3.63) is 88.5 Å². The summed E-state index contributed by atoms with van der Waals surface area (Å²) in [5, 5.41) is 28.1. The molecule has 35 heavy (non-hydrogen) atoms. The second kappa shape index (κ2) is 8.43. The van der Waals surface area contributed by atoms with Gasteiger partial charge in [0.15, 0.2) is 0 Å². The van der Waals surface area contributed by atoms with Crippen molar-refractivity contribution >= 4 is 17.4 Å². The average molecular weight is 476 g/mol. The standard InChI is InChI=1S/C26H22F2N4O3/c1-14-4-3-5-19(25(14)28)20-11-23(31(2)30-20)29-21-9-18(33)10-22(34)24(21)26(35)32-12-15-6-7-17(27)8-16(15)13-32/h3-11,29,33-34H,12-13H2,1-2H3. The number of carbonyl (C=O) groups is 1. The van der Waals surface area contributed by atoms with Gasteiger partial charge in [0, 0.05) is 43.9 Å². The zero-order valence-corrected chi connectivity index (χ0v) is 19.0. The van der Waals surface area contributed by atoms with Crippen molar-refractivity contribution in [1.82, 2.24) is 14.7 Å². The Morgan fingerprint density at radius 1 is 1.03 bits per heavy atom. The highest BCUT2D eigenvalue weighted by Gasteiger charge is 2.29. The summed E-state index contributed by atoms with van der Waals surface area (Å²) in [7, 11) is 1.65. The third kappa shape index (κ3) is 4.05. The second-order valence-electron chi connectivity index (χ2n) is 8.56. The molecule has 0 spiro atoms. The third-order valence-electron chi connectivity index (χ3n) is 6.10. The van der Waals surface area contributed by atoms with E-state index in [2.05, 4.69) is 10.4 Å². The summed E-state index contributed by atoms with van der Waals surface area (Å²) in [6, 6.07) is 13.4. The normalized spacial score (nSPS) is 12.6. The van der Waals surface area contributed by atoms with E-state index in [9.17, 15) is 23.8 Å². The molecule has 0 unspecified atom stereocenters. The van der Waals surface area contributed by atoms with E-state index in [1.54, 1.807) is 44.3 Å². The van der Waals surface area contributed by atoms with E-state index >= 15 is 0 Å². The van der Waals surface area contributed by atoms with Crippen molar-refractivity contribution in [3.8, 4) is 22.8 Å². The lowest BCUT2D eigenvalue weighted by molar-refractivity contribution is 0.0749. The SMILES string of the molecule is Cc1cccc(-c2cc(Nc3cc(O)cc(O)c3C(=O)N3Cc4ccc(F)cc4C3)n(C)n2)c1F. The number of hydrogen-bond acceptors (Lipinski definition) is 5. The van der Waals surface area contributed by atoms with Crippen LogP contribution in [0.5, 0.6) is 11.5 Å². The Morgan fingerprint density at radius 2 is 1.80 bits per heavy atom. The Bertz CT molecular complexity index is 1480. The topological polar surface area (TPSA) is 90.6 Å². The molecule has 0 aliphatic carbocycles. The number of benzene rings is 3. The van der Waals surface area contributed by atoms with E-state index in [-0.39, 0.29) is 41.7 Å². The van der Waals surface area contributed by atoms with Gasteiger partial charge in [0.25, 0.3) is 5.91 Å². The number of amides is 1. The van der Waals surface area contributed by atoms with Crippen LogP contribution in [0.1, 0.15) is 27.0 Å². The Labute approximate surface area is 199 Å². The van der Waals surface area contributed by atoms with Gasteiger partial charge < -0.3 is 20.4 Å². The van der Waals surface area contributed by atoms with Gasteiger partial charge in [-0.25, -0.2) is 8.78 Å². The molecule has 3 aromatic carbocycles. The number of halogens is 2. The molecule has 0 radical (unpaired) electrons. The summed E-state index contributed by atoms with van der Waals surface area (Å²) in [5.74, 6) is -1.51. The molecule has 5 rings (SSSR count). The lowest BCUT2D eigenvalue weighted by atomic mass is 10.1. The van der Waals surface area contributed by atoms with Gasteiger partial charge >= 0.3 is 0 Å². The van der Waals surface area contributed by atoms with Crippen molar-refractivity contribution in [2.75, 3.05) is 5.32 Å². The number of nitrogens with one attached hydrogen (secondary N) is 1. The van der Waals surface area contributed by atoms with Gasteiger partial charge in [-0.2, -0.15) is 5.10 Å². The summed E-state index contributed by atoms with van der Waals surface area (Å²) < 4.78 is 29.7. The largest absolute Gasteiger partial charge is 0.508 e. The van der Waals surface area contributed by atoms with E-state index in [1.165, 1.54) is 27.8 Å². The molecule has 1 aliphatic heterocycles. The molecule has 9 heteroatoms. The summed E-state index contributed by atoms with van der Waals surface area (Å²) in [6.45, 7) is 2.12. The molecule has 2 heterocycles. The number of fused-ring (bicyclic) bond motifs is 1. The van der Waals surface area contributed by atoms with E-state index in [1.807, 2.05) is 0 Å². The molecular formula is C26H22F2N4O3. The van der Waals surface area contributed by atoms with Crippen molar-refractivity contribution < 1.29 is 23.8 Å². The van der Waals surface area contributed by atoms with E-state index < -0.39 is 11.7 Å². The van der Waals surface area contributed by atoms with Gasteiger partial charge in [-0.15, -0.1) is 0 Å². The minimum absolute atomic E-state index is 0.0550. The lowest BCUT2D eigenvalue weighted by Crippen LogP contribution is -2.26. The summed E-state index contributed by atoms with van der Waals surface area (Å²) >= 11 is 0. The molecule has 1 amide bonds. The Balaban J connectivity index is 1.49. The van der Waals surface area contributed by atoms with E-state index in [0.717, 1.165) is 11.6 Å². The molecule has 178 valence electrons. The first-order valence-corrected chi connectivity index (χ1v) is 10.9. The van der Waals surface area contributed by atoms with Gasteiger partial charge in [-0.1, -0.05) is 18.2 Å². The molecule has 7 nitrogen and oxygen atoms in total. The maximum absolute atomic E-state index is 14.6. The first-order valence-electron chi connectivity index (χ1n) is 10.9. The first-order chi connectivity index (χ1) is 16.7. The number of aromatic hydroxyl groups is 2. The van der Waals surface area contributed by atoms with Crippen LogP contribution in [0.15, 0.2) is 54.6 Å². The monoisotopic (exact) mass is 476 g/mol. The maximum atomic E-state index is 14.6. The predicted molar refractivity (Wildman–Crippen MR) is 126 cm³/mol. The van der Waals surface area contributed by atoms with E-state index in [0.29, 0.717) is 28.2 Å². The second-order valence-corrected chi connectivity index (χ2v) is 8.56. The van der Waals surface area contributed by atoms with Crippen LogP contribution in [0.2, 0.25) is 0 Å². The molecule has 4 aromatic rings. The van der Waals surface area contributed by atoms with Crippen LogP contribution in [0, 0.1) is 18.6 Å². The predicted octanol–water partition coefficient (Wildman–Crippen LogP) is 4.98. The number of aromatic nitrogens is 2. The number of hydrogen-bond donors (Lipinski definition) is 3. The van der Waals surface area contributed by atoms with Gasteiger partial charge in [-0.05, 0) is 41.8 Å². The Kier molecular flexibility index (Phi) is 5.39. The lowest BCUT2D eigenvalue weighted by Gasteiger charge is -2.19. The van der Waals surface area contributed by atoms with Crippen LogP contribution in [-0.2, 0) is 20.1 Å². The summed E-state index contributed by atoms with van der Waals surface area (Å²) in [5.41, 5.74) is 2.80. The number of aryl methyl sites for hydroxylation is 2. The highest BCUT2D eigenvalue weighted by molar-refractivity contribution is 6.03. The summed E-state index contributed by atoms with van der Waals surface area (Å²) in [4.78, 5) is 14.9. The van der Waals surface area contributed by atoms with Crippen LogP contribution in [0.3, 0.4) is 0 Å². The molecular weight excluding hydrogens is 454 g/mol. The molecule has 0 atom stereocenters. The molecule has 3 N–H and O–H groups in total. The molecule has 0 saturated heterocycles. The fourth-order valence-corrected chi connectivity index (χ4v) is 4.30. The number of phenols is 2. The fraction of sp³-hybridized carbons (Fsp3) is 0.154. The minimum atomic E-state index is -0.492. The van der Waals surface area contributed by atoms with E-state index in [4.69, 9.17) is 0 Å². The zero-order valence-electron chi connectivity index (χ0n) is 19.0. The number of rotatable bonds is 4. The number of carbonyl (C=O) groups excluding carboxylic acids is 1. The Hall–Kier alpha value is -4.40. The molecule has 0 fully saturated rings. The van der Waals surface area contributed by atoms with Crippen LogP contribution in [0.4, 0.5) is 20.3 Å². The van der Waals surface area contributed by atoms with Crippen LogP contribution >= 0.6 is 0 Å². The fourth-order valence-electron chi connectivity index (χ4n) is 4.30. The van der Waals surface area contributed by atoms with Crippen LogP contribution in [-0.4, -0.2) is 30.8 Å². The average Bonchev–Trinajstić information content (AvgIpc) is 3.38. The van der Waals surface area contributed by atoms with Gasteiger partial charge in [0.1, 0.15) is 34.5 Å². The molecule has 0 bridgehead atoms. The highest BCUT2D eigenvalue weighted by atomic mass is 19.1. The quantitative estimate of drug-likeness (QED) is 0.386. The minimum Gasteiger partial charge on any atom is -0.508 e. The molecule has 1 aliphatic rings. The first kappa shape index (κ1) is 22.4. The smallest absolute Gasteiger partial charge is 0.260 e. The van der Waals surface area contributed by atoms with Gasteiger partial charge in [-0.3, -0.25) is 9.48 Å².